The minimum absolute atomic E-state index is 0.339. The molecule has 0 fully saturated rings. The Morgan fingerprint density at radius 1 is 1.32 bits per heavy atom. The van der Waals surface area contributed by atoms with Crippen LogP contribution in [0.2, 0.25) is 0 Å². The fourth-order valence-corrected chi connectivity index (χ4v) is 2.08. The molecule has 1 aliphatic rings. The first-order valence-electron chi connectivity index (χ1n) is 6.12. The van der Waals surface area contributed by atoms with Crippen LogP contribution in [0.25, 0.3) is 11.3 Å². The number of benzene rings is 1. The Labute approximate surface area is 111 Å². The van der Waals surface area contributed by atoms with Crippen molar-refractivity contribution in [2.24, 2.45) is 0 Å². The van der Waals surface area contributed by atoms with Crippen LogP contribution in [0.4, 0.5) is 0 Å². The standard InChI is InChI=1S/C14H14N2O3/c1-3-18-13-10-8-15-14(17-2)16-12(10)9-6-4-5-7-11(9)19-13/h4-8,13H,3H2,1-2H3. The Morgan fingerprint density at radius 2 is 2.16 bits per heavy atom. The van der Waals surface area contributed by atoms with E-state index in [1.807, 2.05) is 31.2 Å². The molecule has 1 unspecified atom stereocenters. The number of aromatic nitrogens is 2. The summed E-state index contributed by atoms with van der Waals surface area (Å²) in [6, 6.07) is 8.07. The van der Waals surface area contributed by atoms with Crippen LogP contribution in [0.3, 0.4) is 0 Å². The molecular weight excluding hydrogens is 244 g/mol. The van der Waals surface area contributed by atoms with Crippen LogP contribution in [0.15, 0.2) is 30.5 Å². The van der Waals surface area contributed by atoms with Gasteiger partial charge >= 0.3 is 6.01 Å². The van der Waals surface area contributed by atoms with Gasteiger partial charge in [-0.15, -0.1) is 0 Å². The molecule has 0 amide bonds. The van der Waals surface area contributed by atoms with Crippen molar-refractivity contribution in [2.45, 2.75) is 13.2 Å². The van der Waals surface area contributed by atoms with Crippen molar-refractivity contribution in [3.05, 3.63) is 36.0 Å². The Kier molecular flexibility index (Phi) is 3.05. The lowest BCUT2D eigenvalue weighted by Crippen LogP contribution is -2.18. The van der Waals surface area contributed by atoms with Gasteiger partial charge in [-0.2, -0.15) is 4.98 Å². The molecule has 2 aromatic rings. The molecule has 2 heterocycles. The fourth-order valence-electron chi connectivity index (χ4n) is 2.08. The third-order valence-corrected chi connectivity index (χ3v) is 2.93. The first-order valence-corrected chi connectivity index (χ1v) is 6.12. The summed E-state index contributed by atoms with van der Waals surface area (Å²) >= 11 is 0. The number of methoxy groups -OCH3 is 1. The van der Waals surface area contributed by atoms with Crippen molar-refractivity contribution in [1.29, 1.82) is 0 Å². The molecule has 5 heteroatoms. The van der Waals surface area contributed by atoms with Gasteiger partial charge in [-0.05, 0) is 19.1 Å². The Morgan fingerprint density at radius 3 is 2.95 bits per heavy atom. The smallest absolute Gasteiger partial charge is 0.316 e. The van der Waals surface area contributed by atoms with Crippen molar-refractivity contribution in [2.75, 3.05) is 13.7 Å². The van der Waals surface area contributed by atoms with E-state index in [0.717, 1.165) is 22.6 Å². The molecule has 19 heavy (non-hydrogen) atoms. The summed E-state index contributed by atoms with van der Waals surface area (Å²) in [5.41, 5.74) is 2.54. The zero-order valence-corrected chi connectivity index (χ0v) is 10.8. The zero-order valence-electron chi connectivity index (χ0n) is 10.8. The molecule has 98 valence electrons. The zero-order chi connectivity index (χ0) is 13.2. The van der Waals surface area contributed by atoms with Crippen LogP contribution in [0.1, 0.15) is 18.8 Å². The number of para-hydroxylation sites is 1. The van der Waals surface area contributed by atoms with Gasteiger partial charge in [0.2, 0.25) is 6.29 Å². The molecule has 0 aliphatic carbocycles. The number of fused-ring (bicyclic) bond motifs is 3. The maximum atomic E-state index is 5.83. The number of rotatable bonds is 3. The van der Waals surface area contributed by atoms with Gasteiger partial charge in [0.15, 0.2) is 0 Å². The van der Waals surface area contributed by atoms with Gasteiger partial charge in [0.1, 0.15) is 5.75 Å². The molecule has 0 saturated carbocycles. The predicted molar refractivity (Wildman–Crippen MR) is 69.0 cm³/mol. The van der Waals surface area contributed by atoms with E-state index >= 15 is 0 Å². The van der Waals surface area contributed by atoms with Gasteiger partial charge in [0.05, 0.1) is 18.4 Å². The highest BCUT2D eigenvalue weighted by atomic mass is 16.7. The van der Waals surface area contributed by atoms with Gasteiger partial charge in [-0.25, -0.2) is 4.98 Å². The second-order valence-corrected chi connectivity index (χ2v) is 4.06. The van der Waals surface area contributed by atoms with E-state index in [0.29, 0.717) is 12.6 Å². The lowest BCUT2D eigenvalue weighted by atomic mass is 10.0. The molecule has 1 aliphatic heterocycles. The van der Waals surface area contributed by atoms with E-state index in [1.165, 1.54) is 0 Å². The summed E-state index contributed by atoms with van der Waals surface area (Å²) in [5.74, 6) is 0.759. The van der Waals surface area contributed by atoms with Gasteiger partial charge in [-0.3, -0.25) is 0 Å². The normalized spacial score (nSPS) is 16.2. The molecule has 0 N–H and O–H groups in total. The number of hydrogen-bond donors (Lipinski definition) is 0. The minimum Gasteiger partial charge on any atom is -0.467 e. The van der Waals surface area contributed by atoms with Crippen LogP contribution < -0.4 is 9.47 Å². The second-order valence-electron chi connectivity index (χ2n) is 4.06. The Bertz CT molecular complexity index is 601. The van der Waals surface area contributed by atoms with Crippen molar-refractivity contribution >= 4 is 0 Å². The summed E-state index contributed by atoms with van der Waals surface area (Å²) in [7, 11) is 1.55. The van der Waals surface area contributed by atoms with E-state index in [9.17, 15) is 0 Å². The highest BCUT2D eigenvalue weighted by molar-refractivity contribution is 5.72. The summed E-state index contributed by atoms with van der Waals surface area (Å²) in [6.07, 6.45) is 1.22. The number of nitrogens with zero attached hydrogens (tertiary/aromatic N) is 2. The van der Waals surface area contributed by atoms with Gasteiger partial charge < -0.3 is 14.2 Å². The maximum Gasteiger partial charge on any atom is 0.316 e. The highest BCUT2D eigenvalue weighted by Gasteiger charge is 2.28. The third-order valence-electron chi connectivity index (χ3n) is 2.93. The van der Waals surface area contributed by atoms with Gasteiger partial charge in [0, 0.05) is 18.4 Å². The molecule has 0 spiro atoms. The molecule has 0 saturated heterocycles. The van der Waals surface area contributed by atoms with Gasteiger partial charge in [-0.1, -0.05) is 12.1 Å². The highest BCUT2D eigenvalue weighted by Crippen LogP contribution is 2.41. The minimum atomic E-state index is -0.471. The fraction of sp³-hybridized carbons (Fsp3) is 0.286. The van der Waals surface area contributed by atoms with Crippen molar-refractivity contribution < 1.29 is 14.2 Å². The first kappa shape index (κ1) is 11.9. The van der Waals surface area contributed by atoms with Crippen LogP contribution in [0.5, 0.6) is 11.8 Å². The average molecular weight is 258 g/mol. The maximum absolute atomic E-state index is 5.83. The number of hydrogen-bond acceptors (Lipinski definition) is 5. The third kappa shape index (κ3) is 2.02. The Balaban J connectivity index is 2.16. The lowest BCUT2D eigenvalue weighted by Gasteiger charge is -2.27. The summed E-state index contributed by atoms with van der Waals surface area (Å²) < 4.78 is 16.5. The first-order chi connectivity index (χ1) is 9.33. The largest absolute Gasteiger partial charge is 0.467 e. The summed E-state index contributed by atoms with van der Waals surface area (Å²) in [6.45, 7) is 2.48. The van der Waals surface area contributed by atoms with Crippen LogP contribution >= 0.6 is 0 Å². The summed E-state index contributed by atoms with van der Waals surface area (Å²) in [4.78, 5) is 8.53. The van der Waals surface area contributed by atoms with E-state index in [1.54, 1.807) is 13.3 Å². The second kappa shape index (κ2) is 4.85. The van der Waals surface area contributed by atoms with E-state index in [-0.39, 0.29) is 0 Å². The monoisotopic (exact) mass is 258 g/mol. The molecule has 5 nitrogen and oxygen atoms in total. The predicted octanol–water partition coefficient (Wildman–Crippen LogP) is 2.58. The quantitative estimate of drug-likeness (QED) is 0.847. The van der Waals surface area contributed by atoms with E-state index < -0.39 is 6.29 Å². The molecule has 1 aromatic carbocycles. The van der Waals surface area contributed by atoms with Gasteiger partial charge in [0.25, 0.3) is 0 Å². The van der Waals surface area contributed by atoms with E-state index in [2.05, 4.69) is 9.97 Å². The topological polar surface area (TPSA) is 53.5 Å². The molecule has 0 bridgehead atoms. The van der Waals surface area contributed by atoms with Crippen LogP contribution in [0, 0.1) is 0 Å². The molecule has 0 radical (unpaired) electrons. The van der Waals surface area contributed by atoms with Crippen molar-refractivity contribution in [1.82, 2.24) is 9.97 Å². The van der Waals surface area contributed by atoms with Crippen LogP contribution in [-0.2, 0) is 4.74 Å². The van der Waals surface area contributed by atoms with Crippen LogP contribution in [-0.4, -0.2) is 23.7 Å². The number of ether oxygens (including phenoxy) is 3. The van der Waals surface area contributed by atoms with E-state index in [4.69, 9.17) is 14.2 Å². The summed E-state index contributed by atoms with van der Waals surface area (Å²) in [5, 5.41) is 0. The molecule has 1 atom stereocenters. The Hall–Kier alpha value is -2.14. The van der Waals surface area contributed by atoms with Crippen molar-refractivity contribution in [3.63, 3.8) is 0 Å². The molecule has 1 aromatic heterocycles. The lowest BCUT2D eigenvalue weighted by molar-refractivity contribution is -0.0805. The molecular formula is C14H14N2O3. The SMILES string of the molecule is CCOC1Oc2ccccc2-c2nc(OC)ncc21. The van der Waals surface area contributed by atoms with Crippen molar-refractivity contribution in [3.8, 4) is 23.0 Å². The molecule has 3 rings (SSSR count). The average Bonchev–Trinajstić information content (AvgIpc) is 2.47.